The van der Waals surface area contributed by atoms with Gasteiger partial charge in [-0.3, -0.25) is 0 Å². The normalized spacial score (nSPS) is 24.7. The number of carboxylic acid groups (broad SMARTS) is 1. The van der Waals surface area contributed by atoms with Crippen molar-refractivity contribution in [3.8, 4) is 0 Å². The Balaban J connectivity index is 2.57. The van der Waals surface area contributed by atoms with E-state index in [0.29, 0.717) is 6.42 Å². The summed E-state index contributed by atoms with van der Waals surface area (Å²) in [4.78, 5) is 12.2. The highest BCUT2D eigenvalue weighted by atomic mass is 16.4. The Kier molecular flexibility index (Phi) is 2.30. The molecular formula is C6H11N3O2. The van der Waals surface area contributed by atoms with Gasteiger partial charge in [0, 0.05) is 6.54 Å². The van der Waals surface area contributed by atoms with Gasteiger partial charge in [0.1, 0.15) is 12.4 Å². The lowest BCUT2D eigenvalue weighted by Crippen LogP contribution is -2.35. The van der Waals surface area contributed by atoms with Crippen molar-refractivity contribution in [1.29, 1.82) is 0 Å². The van der Waals surface area contributed by atoms with Gasteiger partial charge in [-0.2, -0.15) is 5.10 Å². The number of aliphatic carboxylic acids is 1. The van der Waals surface area contributed by atoms with Gasteiger partial charge in [0.25, 0.3) is 0 Å². The Morgan fingerprint density at radius 2 is 2.55 bits per heavy atom. The molecule has 1 saturated heterocycles. The number of hydrogen-bond donors (Lipinski definition) is 2. The van der Waals surface area contributed by atoms with Gasteiger partial charge in [-0.15, -0.1) is 0 Å². The first-order valence-electron chi connectivity index (χ1n) is 3.47. The van der Waals surface area contributed by atoms with Gasteiger partial charge >= 0.3 is 5.97 Å². The number of hydrogen-bond acceptors (Lipinski definition) is 3. The van der Waals surface area contributed by atoms with Crippen molar-refractivity contribution >= 4 is 12.3 Å². The molecule has 5 nitrogen and oxygen atoms in total. The van der Waals surface area contributed by atoms with Crippen LogP contribution in [0, 0.1) is 0 Å². The molecule has 1 aliphatic rings. The molecule has 1 unspecified atom stereocenters. The predicted octanol–water partition coefficient (Wildman–Crippen LogP) is -0.563. The summed E-state index contributed by atoms with van der Waals surface area (Å²) in [7, 11) is 0. The molecule has 1 aliphatic heterocycles. The summed E-state index contributed by atoms with van der Waals surface area (Å²) >= 11 is 0. The van der Waals surface area contributed by atoms with Crippen LogP contribution in [0.4, 0.5) is 0 Å². The van der Waals surface area contributed by atoms with E-state index in [1.165, 1.54) is 6.34 Å². The number of hydrazone groups is 1. The molecule has 0 aromatic heterocycles. The maximum atomic E-state index is 10.5. The number of likely N-dealkylation sites (tertiary alicyclic amines) is 1. The van der Waals surface area contributed by atoms with Gasteiger partial charge in [0.2, 0.25) is 0 Å². The van der Waals surface area contributed by atoms with E-state index in [-0.39, 0.29) is 0 Å². The maximum Gasteiger partial charge on any atom is 0.326 e. The number of carboxylic acids is 1. The van der Waals surface area contributed by atoms with Gasteiger partial charge in [-0.25, -0.2) is 4.79 Å². The van der Waals surface area contributed by atoms with E-state index in [9.17, 15) is 4.79 Å². The summed E-state index contributed by atoms with van der Waals surface area (Å²) < 4.78 is 0. The van der Waals surface area contributed by atoms with Crippen LogP contribution in [-0.2, 0) is 4.79 Å². The fraction of sp³-hybridized carbons (Fsp3) is 0.667. The van der Waals surface area contributed by atoms with Crippen LogP contribution in [0.1, 0.15) is 12.8 Å². The zero-order valence-electron chi connectivity index (χ0n) is 6.10. The number of nitrogens with two attached hydrogens (primary N) is 1. The predicted molar refractivity (Wildman–Crippen MR) is 40.0 cm³/mol. The summed E-state index contributed by atoms with van der Waals surface area (Å²) in [5, 5.41) is 12.0. The maximum absolute atomic E-state index is 10.5. The third-order valence-electron chi connectivity index (χ3n) is 1.79. The minimum absolute atomic E-state index is 0.428. The van der Waals surface area contributed by atoms with E-state index in [2.05, 4.69) is 5.10 Å². The number of rotatable bonds is 2. The Morgan fingerprint density at radius 3 is 3.09 bits per heavy atom. The van der Waals surface area contributed by atoms with Gasteiger partial charge < -0.3 is 15.8 Å². The molecule has 0 spiro atoms. The minimum Gasteiger partial charge on any atom is -0.480 e. The van der Waals surface area contributed by atoms with Crippen molar-refractivity contribution in [2.75, 3.05) is 6.54 Å². The first-order valence-corrected chi connectivity index (χ1v) is 3.47. The molecule has 11 heavy (non-hydrogen) atoms. The SMILES string of the molecule is NN=CN1CCCC1C(=O)O. The molecule has 0 saturated carbocycles. The Morgan fingerprint density at radius 1 is 1.82 bits per heavy atom. The summed E-state index contributed by atoms with van der Waals surface area (Å²) in [6, 6.07) is -0.428. The second-order valence-corrected chi connectivity index (χ2v) is 2.50. The van der Waals surface area contributed by atoms with Gasteiger partial charge in [-0.1, -0.05) is 0 Å². The van der Waals surface area contributed by atoms with Crippen LogP contribution in [-0.4, -0.2) is 34.9 Å². The monoisotopic (exact) mass is 157 g/mol. The molecule has 3 N–H and O–H groups in total. The average molecular weight is 157 g/mol. The second kappa shape index (κ2) is 3.23. The lowest BCUT2D eigenvalue weighted by Gasteiger charge is -2.16. The Labute approximate surface area is 64.5 Å². The first kappa shape index (κ1) is 7.84. The largest absolute Gasteiger partial charge is 0.480 e. The van der Waals surface area contributed by atoms with E-state index >= 15 is 0 Å². The van der Waals surface area contributed by atoms with Crippen LogP contribution in [0.5, 0.6) is 0 Å². The van der Waals surface area contributed by atoms with Crippen LogP contribution in [0.2, 0.25) is 0 Å². The molecule has 1 heterocycles. The average Bonchev–Trinajstić information content (AvgIpc) is 2.36. The highest BCUT2D eigenvalue weighted by Crippen LogP contribution is 2.14. The van der Waals surface area contributed by atoms with Crippen LogP contribution < -0.4 is 5.84 Å². The summed E-state index contributed by atoms with van der Waals surface area (Å²) in [5.41, 5.74) is 0. The van der Waals surface area contributed by atoms with Crippen molar-refractivity contribution in [1.82, 2.24) is 4.90 Å². The van der Waals surface area contributed by atoms with E-state index < -0.39 is 12.0 Å². The molecule has 0 aromatic carbocycles. The van der Waals surface area contributed by atoms with Crippen LogP contribution in [0.3, 0.4) is 0 Å². The Hall–Kier alpha value is -1.26. The van der Waals surface area contributed by atoms with Crippen molar-refractivity contribution < 1.29 is 9.90 Å². The number of carbonyl (C=O) groups is 1. The van der Waals surface area contributed by atoms with E-state index in [1.807, 2.05) is 0 Å². The second-order valence-electron chi connectivity index (χ2n) is 2.50. The smallest absolute Gasteiger partial charge is 0.326 e. The standard InChI is InChI=1S/C6H11N3O2/c7-8-4-9-3-1-2-5(9)6(10)11/h4-5H,1-3,7H2,(H,10,11). The molecule has 62 valence electrons. The van der Waals surface area contributed by atoms with Crippen molar-refractivity contribution in [3.05, 3.63) is 0 Å². The van der Waals surface area contributed by atoms with Crippen molar-refractivity contribution in [2.45, 2.75) is 18.9 Å². The third-order valence-corrected chi connectivity index (χ3v) is 1.79. The molecule has 5 heteroatoms. The van der Waals surface area contributed by atoms with Crippen LogP contribution in [0.25, 0.3) is 0 Å². The van der Waals surface area contributed by atoms with Gasteiger partial charge in [-0.05, 0) is 12.8 Å². The van der Waals surface area contributed by atoms with Gasteiger partial charge in [0.15, 0.2) is 0 Å². The van der Waals surface area contributed by atoms with E-state index in [0.717, 1.165) is 13.0 Å². The van der Waals surface area contributed by atoms with Crippen LogP contribution >= 0.6 is 0 Å². The van der Waals surface area contributed by atoms with E-state index in [1.54, 1.807) is 4.90 Å². The first-order chi connectivity index (χ1) is 5.25. The molecule has 0 bridgehead atoms. The molecular weight excluding hydrogens is 146 g/mol. The summed E-state index contributed by atoms with van der Waals surface area (Å²) in [5.74, 6) is 4.10. The third kappa shape index (κ3) is 1.60. The fourth-order valence-electron chi connectivity index (χ4n) is 1.28. The minimum atomic E-state index is -0.803. The number of nitrogens with zero attached hydrogens (tertiary/aromatic N) is 2. The summed E-state index contributed by atoms with van der Waals surface area (Å²) in [6.07, 6.45) is 2.95. The van der Waals surface area contributed by atoms with Crippen molar-refractivity contribution in [3.63, 3.8) is 0 Å². The zero-order chi connectivity index (χ0) is 8.27. The molecule has 0 aromatic rings. The molecule has 1 fully saturated rings. The quantitative estimate of drug-likeness (QED) is 0.244. The zero-order valence-corrected chi connectivity index (χ0v) is 6.10. The molecule has 0 aliphatic carbocycles. The lowest BCUT2D eigenvalue weighted by molar-refractivity contribution is -0.140. The fourth-order valence-corrected chi connectivity index (χ4v) is 1.28. The summed E-state index contributed by atoms with van der Waals surface area (Å²) in [6.45, 7) is 0.734. The Bertz CT molecular complexity index is 181. The lowest BCUT2D eigenvalue weighted by atomic mass is 10.2. The van der Waals surface area contributed by atoms with E-state index in [4.69, 9.17) is 10.9 Å². The van der Waals surface area contributed by atoms with Crippen molar-refractivity contribution in [2.24, 2.45) is 10.9 Å². The molecule has 1 atom stereocenters. The molecule has 1 rings (SSSR count). The van der Waals surface area contributed by atoms with Crippen LogP contribution in [0.15, 0.2) is 5.10 Å². The topological polar surface area (TPSA) is 78.9 Å². The molecule has 0 amide bonds. The highest BCUT2D eigenvalue weighted by Gasteiger charge is 2.28. The highest BCUT2D eigenvalue weighted by molar-refractivity contribution is 5.77. The van der Waals surface area contributed by atoms with Gasteiger partial charge in [0.05, 0.1) is 0 Å². The molecule has 0 radical (unpaired) electrons.